The lowest BCUT2D eigenvalue weighted by atomic mass is 10.0. The second kappa shape index (κ2) is 8.06. The van der Waals surface area contributed by atoms with E-state index in [9.17, 15) is 13.6 Å². The summed E-state index contributed by atoms with van der Waals surface area (Å²) in [6, 6.07) is 12.3. The van der Waals surface area contributed by atoms with E-state index in [-0.39, 0.29) is 17.7 Å². The van der Waals surface area contributed by atoms with Gasteiger partial charge in [-0.25, -0.2) is 8.78 Å². The first kappa shape index (κ1) is 19.3. The van der Waals surface area contributed by atoms with Gasteiger partial charge in [-0.05, 0) is 23.8 Å². The number of para-hydroxylation sites is 1. The zero-order chi connectivity index (χ0) is 19.6. The van der Waals surface area contributed by atoms with Crippen molar-refractivity contribution >= 4 is 34.8 Å². The van der Waals surface area contributed by atoms with Gasteiger partial charge < -0.3 is 5.32 Å². The van der Waals surface area contributed by atoms with E-state index in [0.717, 1.165) is 11.1 Å². The van der Waals surface area contributed by atoms with Crippen molar-refractivity contribution in [2.75, 3.05) is 5.32 Å². The normalized spacial score (nSPS) is 11.0. The molecule has 0 radical (unpaired) electrons. The van der Waals surface area contributed by atoms with E-state index in [1.165, 1.54) is 17.9 Å². The maximum Gasteiger partial charge on any atom is 0.282 e. The molecule has 1 aromatic heterocycles. The molecule has 0 saturated heterocycles. The van der Waals surface area contributed by atoms with Crippen molar-refractivity contribution in [2.45, 2.75) is 12.8 Å². The Bertz CT molecular complexity index is 989. The van der Waals surface area contributed by atoms with Crippen LogP contribution in [0.1, 0.15) is 17.7 Å². The highest BCUT2D eigenvalue weighted by molar-refractivity contribution is 6.42. The van der Waals surface area contributed by atoms with Gasteiger partial charge >= 0.3 is 0 Å². The number of carbonyl (C=O) groups excluding carboxylic acids is 1. The van der Waals surface area contributed by atoms with Gasteiger partial charge in [-0.3, -0.25) is 9.48 Å². The number of alkyl halides is 2. The summed E-state index contributed by atoms with van der Waals surface area (Å²) < 4.78 is 27.4. The number of halogens is 4. The smallest absolute Gasteiger partial charge is 0.282 e. The quantitative estimate of drug-likeness (QED) is 0.603. The number of nitrogens with zero attached hydrogens (tertiary/aromatic N) is 2. The number of carbonyl (C=O) groups is 1. The Morgan fingerprint density at radius 2 is 1.93 bits per heavy atom. The number of hydrogen-bond donors (Lipinski definition) is 1. The molecule has 27 heavy (non-hydrogen) atoms. The molecule has 8 heteroatoms. The van der Waals surface area contributed by atoms with Gasteiger partial charge in [0.25, 0.3) is 6.43 Å². The topological polar surface area (TPSA) is 46.9 Å². The second-order valence-electron chi connectivity index (χ2n) is 5.91. The third kappa shape index (κ3) is 4.46. The predicted octanol–water partition coefficient (Wildman–Crippen LogP) is 5.51. The lowest BCUT2D eigenvalue weighted by Crippen LogP contribution is -2.15. The summed E-state index contributed by atoms with van der Waals surface area (Å²) in [7, 11) is 1.53. The van der Waals surface area contributed by atoms with Crippen LogP contribution in [0.15, 0.2) is 48.7 Å². The third-order valence-corrected chi connectivity index (χ3v) is 4.67. The standard InChI is InChI=1S/C19H15Cl2F2N3O/c1-26-10-12(18(25-26)19(22)23)9-17(27)24-16-5-3-2-4-13(16)11-6-7-14(20)15(21)8-11/h2-8,10,19H,9H2,1H3,(H,24,27). The zero-order valence-corrected chi connectivity index (χ0v) is 15.7. The molecule has 0 spiro atoms. The molecular formula is C19H15Cl2F2N3O. The van der Waals surface area contributed by atoms with Gasteiger partial charge in [-0.1, -0.05) is 47.5 Å². The summed E-state index contributed by atoms with van der Waals surface area (Å²) >= 11 is 12.0. The van der Waals surface area contributed by atoms with E-state index in [2.05, 4.69) is 10.4 Å². The fourth-order valence-electron chi connectivity index (χ4n) is 2.75. The van der Waals surface area contributed by atoms with Gasteiger partial charge in [0.2, 0.25) is 5.91 Å². The SMILES string of the molecule is Cn1cc(CC(=O)Nc2ccccc2-c2ccc(Cl)c(Cl)c2)c(C(F)F)n1. The van der Waals surface area contributed by atoms with Crippen LogP contribution in [-0.4, -0.2) is 15.7 Å². The molecule has 3 aromatic rings. The summed E-state index contributed by atoms with van der Waals surface area (Å²) in [5.41, 5.74) is 1.87. The van der Waals surface area contributed by atoms with Crippen molar-refractivity contribution < 1.29 is 13.6 Å². The molecule has 0 aliphatic carbocycles. The fourth-order valence-corrected chi connectivity index (χ4v) is 3.05. The van der Waals surface area contributed by atoms with Gasteiger partial charge in [0.05, 0.1) is 16.5 Å². The Kier molecular flexibility index (Phi) is 5.77. The van der Waals surface area contributed by atoms with Crippen LogP contribution >= 0.6 is 23.2 Å². The van der Waals surface area contributed by atoms with E-state index in [4.69, 9.17) is 23.2 Å². The molecule has 0 saturated carbocycles. The van der Waals surface area contributed by atoms with Crippen molar-refractivity contribution in [3.8, 4) is 11.1 Å². The van der Waals surface area contributed by atoms with Gasteiger partial charge in [0, 0.05) is 30.1 Å². The highest BCUT2D eigenvalue weighted by Gasteiger charge is 2.20. The minimum Gasteiger partial charge on any atom is -0.325 e. The fraction of sp³-hybridized carbons (Fsp3) is 0.158. The maximum atomic E-state index is 13.0. The molecule has 4 nitrogen and oxygen atoms in total. The minimum atomic E-state index is -2.74. The maximum absolute atomic E-state index is 13.0. The van der Waals surface area contributed by atoms with Crippen LogP contribution in [0, 0.1) is 0 Å². The second-order valence-corrected chi connectivity index (χ2v) is 6.73. The number of nitrogens with one attached hydrogen (secondary N) is 1. The van der Waals surface area contributed by atoms with E-state index in [1.807, 2.05) is 12.1 Å². The molecule has 2 aromatic carbocycles. The minimum absolute atomic E-state index is 0.192. The van der Waals surface area contributed by atoms with Crippen LogP contribution < -0.4 is 5.32 Å². The predicted molar refractivity (Wildman–Crippen MR) is 102 cm³/mol. The molecule has 3 rings (SSSR count). The molecule has 140 valence electrons. The number of benzene rings is 2. The summed E-state index contributed by atoms with van der Waals surface area (Å²) in [5.74, 6) is -0.419. The van der Waals surface area contributed by atoms with Crippen molar-refractivity contribution in [1.82, 2.24) is 9.78 Å². The lowest BCUT2D eigenvalue weighted by molar-refractivity contribution is -0.115. The number of amides is 1. The van der Waals surface area contributed by atoms with Crippen molar-refractivity contribution in [3.05, 3.63) is 70.0 Å². The van der Waals surface area contributed by atoms with Crippen molar-refractivity contribution in [1.29, 1.82) is 0 Å². The van der Waals surface area contributed by atoms with Crippen LogP contribution in [0.2, 0.25) is 10.0 Å². The van der Waals surface area contributed by atoms with Gasteiger partial charge in [0.1, 0.15) is 5.69 Å². The Labute approximate surface area is 164 Å². The first-order chi connectivity index (χ1) is 12.8. The highest BCUT2D eigenvalue weighted by atomic mass is 35.5. The first-order valence-corrected chi connectivity index (χ1v) is 8.75. The average Bonchev–Trinajstić information content (AvgIpc) is 2.98. The summed E-state index contributed by atoms with van der Waals surface area (Å²) in [6.07, 6.45) is -1.52. The Hall–Kier alpha value is -2.44. The van der Waals surface area contributed by atoms with E-state index in [0.29, 0.717) is 15.7 Å². The van der Waals surface area contributed by atoms with Crippen LogP contribution in [0.5, 0.6) is 0 Å². The molecule has 0 atom stereocenters. The van der Waals surface area contributed by atoms with E-state index in [1.54, 1.807) is 30.3 Å². The molecule has 0 aliphatic rings. The van der Waals surface area contributed by atoms with E-state index >= 15 is 0 Å². The molecule has 0 fully saturated rings. The van der Waals surface area contributed by atoms with Crippen LogP contribution in [0.25, 0.3) is 11.1 Å². The van der Waals surface area contributed by atoms with E-state index < -0.39 is 12.3 Å². The molecule has 1 N–H and O–H groups in total. The largest absolute Gasteiger partial charge is 0.325 e. The van der Waals surface area contributed by atoms with Gasteiger partial charge in [-0.2, -0.15) is 5.10 Å². The van der Waals surface area contributed by atoms with Gasteiger partial charge in [0.15, 0.2) is 0 Å². The third-order valence-electron chi connectivity index (χ3n) is 3.93. The van der Waals surface area contributed by atoms with Crippen molar-refractivity contribution in [2.24, 2.45) is 7.05 Å². The highest BCUT2D eigenvalue weighted by Crippen LogP contribution is 2.33. The summed E-state index contributed by atoms with van der Waals surface area (Å²) in [6.45, 7) is 0. The van der Waals surface area contributed by atoms with Crippen LogP contribution in [-0.2, 0) is 18.3 Å². The average molecular weight is 410 g/mol. The lowest BCUT2D eigenvalue weighted by Gasteiger charge is -2.12. The Balaban J connectivity index is 1.84. The van der Waals surface area contributed by atoms with Gasteiger partial charge in [-0.15, -0.1) is 0 Å². The summed E-state index contributed by atoms with van der Waals surface area (Å²) in [5, 5.41) is 7.31. The number of hydrogen-bond acceptors (Lipinski definition) is 2. The number of aromatic nitrogens is 2. The molecule has 1 amide bonds. The first-order valence-electron chi connectivity index (χ1n) is 8.00. The number of rotatable bonds is 5. The molecule has 0 aliphatic heterocycles. The molecule has 0 unspecified atom stereocenters. The number of aryl methyl sites for hydroxylation is 1. The van der Waals surface area contributed by atoms with Crippen LogP contribution in [0.3, 0.4) is 0 Å². The van der Waals surface area contributed by atoms with Crippen molar-refractivity contribution in [3.63, 3.8) is 0 Å². The Morgan fingerprint density at radius 1 is 1.19 bits per heavy atom. The number of anilines is 1. The zero-order valence-electron chi connectivity index (χ0n) is 14.2. The van der Waals surface area contributed by atoms with Crippen LogP contribution in [0.4, 0.5) is 14.5 Å². The summed E-state index contributed by atoms with van der Waals surface area (Å²) in [4.78, 5) is 12.4. The molecular weight excluding hydrogens is 395 g/mol. The molecule has 0 bridgehead atoms. The molecule has 1 heterocycles. The Morgan fingerprint density at radius 3 is 2.63 bits per heavy atom. The monoisotopic (exact) mass is 409 g/mol.